The molecule has 1 aromatic rings. The number of hydrogen-bond donors (Lipinski definition) is 3. The average Bonchev–Trinajstić information content (AvgIpc) is 2.89. The maximum atomic E-state index is 12.3. The number of nitrogens with zero attached hydrogens (tertiary/aromatic N) is 2. The molecule has 0 aromatic carbocycles. The normalized spacial score (nSPS) is 19.0. The number of anilines is 1. The second-order valence-electron chi connectivity index (χ2n) is 6.09. The molecule has 1 saturated heterocycles. The Morgan fingerprint density at radius 2 is 2.29 bits per heavy atom. The van der Waals surface area contributed by atoms with Gasteiger partial charge in [-0.2, -0.15) is 0 Å². The number of pyridine rings is 1. The first-order chi connectivity index (χ1) is 9.99. The van der Waals surface area contributed by atoms with Gasteiger partial charge >= 0.3 is 0 Å². The number of hydrazine groups is 1. The minimum Gasteiger partial charge on any atom is -0.352 e. The Morgan fingerprint density at radius 1 is 1.52 bits per heavy atom. The minimum absolute atomic E-state index is 0.0645. The highest BCUT2D eigenvalue weighted by Gasteiger charge is 2.20. The summed E-state index contributed by atoms with van der Waals surface area (Å²) in [6, 6.07) is 3.52. The largest absolute Gasteiger partial charge is 0.352 e. The lowest BCUT2D eigenvalue weighted by atomic mass is 10.1. The molecular formula is C15H25N5O. The number of nitrogens with two attached hydrogens (primary N) is 1. The quantitative estimate of drug-likeness (QED) is 0.560. The summed E-state index contributed by atoms with van der Waals surface area (Å²) >= 11 is 0. The molecule has 1 aliphatic heterocycles. The fourth-order valence-electron chi connectivity index (χ4n) is 2.58. The highest BCUT2D eigenvalue weighted by molar-refractivity contribution is 5.95. The highest BCUT2D eigenvalue weighted by atomic mass is 16.1. The molecule has 0 aliphatic carbocycles. The second-order valence-corrected chi connectivity index (χ2v) is 6.09. The standard InChI is InChI=1S/C15H25N5O/c1-10(2)13-6-12(7-14(18-13)19-16)15(21)17-8-11-4-5-20(3)9-11/h6-7,10-11H,4-5,8-9,16H2,1-3H3,(H,17,21)(H,18,19). The fourth-order valence-corrected chi connectivity index (χ4v) is 2.58. The number of aromatic nitrogens is 1. The van der Waals surface area contributed by atoms with E-state index in [0.29, 0.717) is 23.8 Å². The third-order valence-corrected chi connectivity index (χ3v) is 3.89. The molecule has 1 aromatic heterocycles. The van der Waals surface area contributed by atoms with Gasteiger partial charge in [0, 0.05) is 24.3 Å². The van der Waals surface area contributed by atoms with E-state index in [9.17, 15) is 4.79 Å². The number of nitrogen functional groups attached to an aromatic ring is 1. The summed E-state index contributed by atoms with van der Waals surface area (Å²) in [6.07, 6.45) is 1.14. The average molecular weight is 291 g/mol. The molecular weight excluding hydrogens is 266 g/mol. The predicted molar refractivity (Wildman–Crippen MR) is 84.1 cm³/mol. The van der Waals surface area contributed by atoms with Crippen LogP contribution in [0.25, 0.3) is 0 Å². The summed E-state index contributed by atoms with van der Waals surface area (Å²) < 4.78 is 0. The summed E-state index contributed by atoms with van der Waals surface area (Å²) in [5.41, 5.74) is 3.98. The van der Waals surface area contributed by atoms with Crippen LogP contribution in [0.15, 0.2) is 12.1 Å². The molecule has 21 heavy (non-hydrogen) atoms. The summed E-state index contributed by atoms with van der Waals surface area (Å²) in [6.45, 7) is 6.95. The van der Waals surface area contributed by atoms with Crippen molar-refractivity contribution in [2.24, 2.45) is 11.8 Å². The van der Waals surface area contributed by atoms with Crippen LogP contribution in [0.1, 0.15) is 42.2 Å². The second kappa shape index (κ2) is 6.87. The first-order valence-electron chi connectivity index (χ1n) is 7.45. The van der Waals surface area contributed by atoms with Crippen LogP contribution in [0, 0.1) is 5.92 Å². The number of carbonyl (C=O) groups excluding carboxylic acids is 1. The third kappa shape index (κ3) is 4.15. The minimum atomic E-state index is -0.0645. The molecule has 1 fully saturated rings. The van der Waals surface area contributed by atoms with Crippen molar-refractivity contribution in [3.05, 3.63) is 23.4 Å². The molecule has 6 nitrogen and oxygen atoms in total. The molecule has 1 aliphatic rings. The zero-order chi connectivity index (χ0) is 15.4. The van der Waals surface area contributed by atoms with Crippen LogP contribution in [0.3, 0.4) is 0 Å². The van der Waals surface area contributed by atoms with Crippen molar-refractivity contribution in [2.75, 3.05) is 32.1 Å². The Balaban J connectivity index is 2.02. The Labute approximate surface area is 126 Å². The molecule has 0 saturated carbocycles. The lowest BCUT2D eigenvalue weighted by Gasteiger charge is -2.13. The summed E-state index contributed by atoms with van der Waals surface area (Å²) in [4.78, 5) is 19.0. The smallest absolute Gasteiger partial charge is 0.251 e. The van der Waals surface area contributed by atoms with Gasteiger partial charge in [0.2, 0.25) is 0 Å². The van der Waals surface area contributed by atoms with Crippen molar-refractivity contribution in [3.8, 4) is 0 Å². The van der Waals surface area contributed by atoms with Crippen LogP contribution >= 0.6 is 0 Å². The van der Waals surface area contributed by atoms with E-state index in [1.807, 2.05) is 19.9 Å². The number of likely N-dealkylation sites (tertiary alicyclic amines) is 1. The molecule has 2 rings (SSSR count). The molecule has 1 unspecified atom stereocenters. The lowest BCUT2D eigenvalue weighted by molar-refractivity contribution is 0.0947. The SMILES string of the molecule is CC(C)c1cc(C(=O)NCC2CCN(C)C2)cc(NN)n1. The van der Waals surface area contributed by atoms with Gasteiger partial charge in [0.05, 0.1) is 0 Å². The van der Waals surface area contributed by atoms with E-state index < -0.39 is 0 Å². The van der Waals surface area contributed by atoms with E-state index in [1.54, 1.807) is 6.07 Å². The number of hydrogen-bond acceptors (Lipinski definition) is 5. The van der Waals surface area contributed by atoms with E-state index in [-0.39, 0.29) is 11.8 Å². The zero-order valence-electron chi connectivity index (χ0n) is 13.0. The summed E-state index contributed by atoms with van der Waals surface area (Å²) in [5.74, 6) is 6.67. The summed E-state index contributed by atoms with van der Waals surface area (Å²) in [7, 11) is 2.11. The highest BCUT2D eigenvalue weighted by Crippen LogP contribution is 2.18. The molecule has 2 heterocycles. The van der Waals surface area contributed by atoms with Gasteiger partial charge in [-0.15, -0.1) is 0 Å². The van der Waals surface area contributed by atoms with Crippen molar-refractivity contribution in [3.63, 3.8) is 0 Å². The Morgan fingerprint density at radius 3 is 2.86 bits per heavy atom. The van der Waals surface area contributed by atoms with Gasteiger partial charge < -0.3 is 15.6 Å². The number of carbonyl (C=O) groups is 1. The number of amides is 1. The van der Waals surface area contributed by atoms with E-state index in [0.717, 1.165) is 25.2 Å². The molecule has 6 heteroatoms. The van der Waals surface area contributed by atoms with E-state index in [2.05, 4.69) is 27.7 Å². The van der Waals surface area contributed by atoms with Crippen molar-refractivity contribution in [1.29, 1.82) is 0 Å². The molecule has 1 atom stereocenters. The molecule has 0 spiro atoms. The summed E-state index contributed by atoms with van der Waals surface area (Å²) in [5, 5.41) is 3.02. The van der Waals surface area contributed by atoms with Gasteiger partial charge in [-0.05, 0) is 44.0 Å². The van der Waals surface area contributed by atoms with Gasteiger partial charge in [0.15, 0.2) is 0 Å². The van der Waals surface area contributed by atoms with Gasteiger partial charge in [0.1, 0.15) is 5.82 Å². The first-order valence-corrected chi connectivity index (χ1v) is 7.45. The van der Waals surface area contributed by atoms with Crippen LogP contribution in [0.5, 0.6) is 0 Å². The molecule has 116 valence electrons. The van der Waals surface area contributed by atoms with Crippen molar-refractivity contribution < 1.29 is 4.79 Å². The number of nitrogens with one attached hydrogen (secondary N) is 2. The van der Waals surface area contributed by atoms with Crippen LogP contribution in [-0.4, -0.2) is 42.5 Å². The topological polar surface area (TPSA) is 83.3 Å². The van der Waals surface area contributed by atoms with Crippen LogP contribution in [0.2, 0.25) is 0 Å². The van der Waals surface area contributed by atoms with Crippen LogP contribution < -0.4 is 16.6 Å². The first kappa shape index (κ1) is 15.7. The number of rotatable bonds is 5. The van der Waals surface area contributed by atoms with Crippen LogP contribution in [0.4, 0.5) is 5.82 Å². The van der Waals surface area contributed by atoms with Gasteiger partial charge in [0.25, 0.3) is 5.91 Å². The van der Waals surface area contributed by atoms with E-state index in [1.165, 1.54) is 0 Å². The van der Waals surface area contributed by atoms with Gasteiger partial charge in [-0.1, -0.05) is 13.8 Å². The molecule has 0 bridgehead atoms. The fraction of sp³-hybridized carbons (Fsp3) is 0.600. The van der Waals surface area contributed by atoms with Crippen molar-refractivity contribution in [2.45, 2.75) is 26.2 Å². The maximum absolute atomic E-state index is 12.3. The Bertz CT molecular complexity index is 503. The van der Waals surface area contributed by atoms with Crippen molar-refractivity contribution >= 4 is 11.7 Å². The van der Waals surface area contributed by atoms with Gasteiger partial charge in [-0.25, -0.2) is 10.8 Å². The third-order valence-electron chi connectivity index (χ3n) is 3.89. The molecule has 4 N–H and O–H groups in total. The van der Waals surface area contributed by atoms with Crippen LogP contribution in [-0.2, 0) is 0 Å². The molecule has 0 radical (unpaired) electrons. The Kier molecular flexibility index (Phi) is 5.14. The van der Waals surface area contributed by atoms with Gasteiger partial charge in [-0.3, -0.25) is 4.79 Å². The molecule has 1 amide bonds. The lowest BCUT2D eigenvalue weighted by Crippen LogP contribution is -2.30. The maximum Gasteiger partial charge on any atom is 0.251 e. The predicted octanol–water partition coefficient (Wildman–Crippen LogP) is 1.17. The Hall–Kier alpha value is -1.66. The van der Waals surface area contributed by atoms with E-state index >= 15 is 0 Å². The zero-order valence-corrected chi connectivity index (χ0v) is 13.0. The monoisotopic (exact) mass is 291 g/mol. The van der Waals surface area contributed by atoms with E-state index in [4.69, 9.17) is 5.84 Å². The van der Waals surface area contributed by atoms with Crippen molar-refractivity contribution in [1.82, 2.24) is 15.2 Å².